The van der Waals surface area contributed by atoms with E-state index >= 15 is 0 Å². The number of fused-ring (bicyclic) bond motifs is 1. The second-order valence-electron chi connectivity index (χ2n) is 5.97. The monoisotopic (exact) mass is 363 g/mol. The number of hydrogen-bond acceptors (Lipinski definition) is 3. The number of amides is 1. The first-order valence-electron chi connectivity index (χ1n) is 7.59. The van der Waals surface area contributed by atoms with Gasteiger partial charge in [-0.25, -0.2) is 4.79 Å². The molecule has 2 aromatic rings. The Bertz CT molecular complexity index is 768. The lowest BCUT2D eigenvalue weighted by molar-refractivity contribution is 0.0906. The van der Waals surface area contributed by atoms with Crippen molar-refractivity contribution in [1.82, 2.24) is 5.32 Å². The molecule has 3 rings (SSSR count). The fourth-order valence-electron chi connectivity index (χ4n) is 3.03. The van der Waals surface area contributed by atoms with Crippen molar-refractivity contribution in [2.24, 2.45) is 5.92 Å². The lowest BCUT2D eigenvalue weighted by Gasteiger charge is -2.29. The second kappa shape index (κ2) is 6.24. The van der Waals surface area contributed by atoms with E-state index in [0.29, 0.717) is 11.5 Å². The van der Waals surface area contributed by atoms with Crippen LogP contribution >= 0.6 is 15.9 Å². The fourth-order valence-corrected chi connectivity index (χ4v) is 3.41. The molecule has 116 valence electrons. The molecule has 2 atom stereocenters. The highest BCUT2D eigenvalue weighted by atomic mass is 79.9. The minimum atomic E-state index is -0.587. The number of carbonyl (C=O) groups is 1. The van der Waals surface area contributed by atoms with Crippen LogP contribution < -0.4 is 10.9 Å². The Morgan fingerprint density at radius 3 is 2.82 bits per heavy atom. The van der Waals surface area contributed by atoms with Gasteiger partial charge in [0, 0.05) is 15.9 Å². The van der Waals surface area contributed by atoms with Gasteiger partial charge in [-0.05, 0) is 43.0 Å². The maximum atomic E-state index is 12.4. The van der Waals surface area contributed by atoms with Gasteiger partial charge in [-0.15, -0.1) is 0 Å². The molecule has 0 unspecified atom stereocenters. The fraction of sp³-hybridized carbons (Fsp3) is 0.412. The maximum absolute atomic E-state index is 12.4. The molecule has 0 aliphatic heterocycles. The van der Waals surface area contributed by atoms with Crippen LogP contribution in [0.25, 0.3) is 11.0 Å². The third-order valence-electron chi connectivity index (χ3n) is 4.37. The van der Waals surface area contributed by atoms with E-state index < -0.39 is 5.63 Å². The van der Waals surface area contributed by atoms with Crippen molar-refractivity contribution in [2.45, 2.75) is 38.6 Å². The van der Waals surface area contributed by atoms with E-state index in [2.05, 4.69) is 28.2 Å². The molecule has 1 aliphatic carbocycles. The average Bonchev–Trinajstić information content (AvgIpc) is 2.49. The van der Waals surface area contributed by atoms with Crippen molar-refractivity contribution in [3.05, 3.63) is 44.7 Å². The Morgan fingerprint density at radius 1 is 1.27 bits per heavy atom. The van der Waals surface area contributed by atoms with Crippen LogP contribution in [0.1, 0.15) is 43.0 Å². The quantitative estimate of drug-likeness (QED) is 0.824. The SMILES string of the molecule is C[C@H]1CCCC[C@H]1NC(=O)c1cc2cc(Br)ccc2oc1=O. The molecule has 0 saturated heterocycles. The molecule has 1 heterocycles. The highest BCUT2D eigenvalue weighted by molar-refractivity contribution is 9.10. The molecule has 0 radical (unpaired) electrons. The van der Waals surface area contributed by atoms with E-state index in [4.69, 9.17) is 4.42 Å². The van der Waals surface area contributed by atoms with Gasteiger partial charge in [0.15, 0.2) is 0 Å². The van der Waals surface area contributed by atoms with E-state index in [1.165, 1.54) is 6.42 Å². The molecule has 1 aromatic carbocycles. The molecule has 5 heteroatoms. The van der Waals surface area contributed by atoms with Crippen molar-refractivity contribution in [3.8, 4) is 0 Å². The van der Waals surface area contributed by atoms with Gasteiger partial charge >= 0.3 is 5.63 Å². The summed E-state index contributed by atoms with van der Waals surface area (Å²) in [6, 6.07) is 7.09. The number of halogens is 1. The van der Waals surface area contributed by atoms with Gasteiger partial charge in [-0.1, -0.05) is 35.7 Å². The molecule has 1 N–H and O–H groups in total. The summed E-state index contributed by atoms with van der Waals surface area (Å²) in [5.41, 5.74) is -0.0325. The molecular formula is C17H18BrNO3. The van der Waals surface area contributed by atoms with E-state index in [-0.39, 0.29) is 17.5 Å². The number of hydrogen-bond donors (Lipinski definition) is 1. The summed E-state index contributed by atoms with van der Waals surface area (Å²) in [5, 5.41) is 3.73. The standard InChI is InChI=1S/C17H18BrNO3/c1-10-4-2-3-5-14(10)19-16(20)13-9-11-8-12(18)6-7-15(11)22-17(13)21/h6-10,14H,2-5H2,1H3,(H,19,20)/t10-,14+/m0/s1. The summed E-state index contributed by atoms with van der Waals surface area (Å²) in [6.07, 6.45) is 4.41. The summed E-state index contributed by atoms with van der Waals surface area (Å²) < 4.78 is 6.12. The molecular weight excluding hydrogens is 346 g/mol. The number of rotatable bonds is 2. The van der Waals surface area contributed by atoms with Crippen molar-refractivity contribution < 1.29 is 9.21 Å². The number of benzene rings is 1. The summed E-state index contributed by atoms with van der Waals surface area (Å²) in [6.45, 7) is 2.14. The number of carbonyl (C=O) groups excluding carboxylic acids is 1. The third-order valence-corrected chi connectivity index (χ3v) is 4.86. The van der Waals surface area contributed by atoms with Crippen LogP contribution in [0, 0.1) is 5.92 Å². The van der Waals surface area contributed by atoms with Gasteiger partial charge in [0.05, 0.1) is 0 Å². The average molecular weight is 364 g/mol. The zero-order valence-corrected chi connectivity index (χ0v) is 14.0. The van der Waals surface area contributed by atoms with Gasteiger partial charge in [-0.2, -0.15) is 0 Å². The largest absolute Gasteiger partial charge is 0.422 e. The lowest BCUT2D eigenvalue weighted by atomic mass is 9.86. The first-order chi connectivity index (χ1) is 10.5. The molecule has 1 fully saturated rings. The Balaban J connectivity index is 1.90. The Kier molecular flexibility index (Phi) is 4.34. The van der Waals surface area contributed by atoms with E-state index in [0.717, 1.165) is 29.1 Å². The van der Waals surface area contributed by atoms with Crippen LogP contribution in [0.15, 0.2) is 37.9 Å². The van der Waals surface area contributed by atoms with Crippen LogP contribution in [0.3, 0.4) is 0 Å². The maximum Gasteiger partial charge on any atom is 0.349 e. The van der Waals surface area contributed by atoms with Crippen molar-refractivity contribution in [2.75, 3.05) is 0 Å². The van der Waals surface area contributed by atoms with Crippen LogP contribution in [-0.2, 0) is 0 Å². The van der Waals surface area contributed by atoms with Gasteiger partial charge in [-0.3, -0.25) is 4.79 Å². The van der Waals surface area contributed by atoms with Crippen LogP contribution in [0.5, 0.6) is 0 Å². The smallest absolute Gasteiger partial charge is 0.349 e. The summed E-state index contributed by atoms with van der Waals surface area (Å²) in [7, 11) is 0. The van der Waals surface area contributed by atoms with Crippen molar-refractivity contribution in [1.29, 1.82) is 0 Å². The Morgan fingerprint density at radius 2 is 2.05 bits per heavy atom. The third kappa shape index (κ3) is 3.09. The van der Waals surface area contributed by atoms with E-state index in [1.54, 1.807) is 18.2 Å². The van der Waals surface area contributed by atoms with E-state index in [1.807, 2.05) is 6.07 Å². The molecule has 0 bridgehead atoms. The zero-order chi connectivity index (χ0) is 15.7. The highest BCUT2D eigenvalue weighted by Gasteiger charge is 2.24. The minimum Gasteiger partial charge on any atom is -0.422 e. The lowest BCUT2D eigenvalue weighted by Crippen LogP contribution is -2.42. The zero-order valence-electron chi connectivity index (χ0n) is 12.4. The highest BCUT2D eigenvalue weighted by Crippen LogP contribution is 2.24. The molecule has 4 nitrogen and oxygen atoms in total. The summed E-state index contributed by atoms with van der Waals surface area (Å²) in [4.78, 5) is 24.5. The van der Waals surface area contributed by atoms with Crippen LogP contribution in [0.2, 0.25) is 0 Å². The van der Waals surface area contributed by atoms with Gasteiger partial charge < -0.3 is 9.73 Å². The second-order valence-corrected chi connectivity index (χ2v) is 6.89. The van der Waals surface area contributed by atoms with Crippen LogP contribution in [-0.4, -0.2) is 11.9 Å². The van der Waals surface area contributed by atoms with Gasteiger partial charge in [0.25, 0.3) is 5.91 Å². The van der Waals surface area contributed by atoms with Crippen molar-refractivity contribution in [3.63, 3.8) is 0 Å². The molecule has 1 aliphatic rings. The topological polar surface area (TPSA) is 59.3 Å². The minimum absolute atomic E-state index is 0.0726. The predicted molar refractivity (Wildman–Crippen MR) is 89.1 cm³/mol. The molecule has 1 saturated carbocycles. The summed E-state index contributed by atoms with van der Waals surface area (Å²) in [5.74, 6) is 0.105. The van der Waals surface area contributed by atoms with Gasteiger partial charge in [0.2, 0.25) is 0 Å². The Hall–Kier alpha value is -1.62. The first-order valence-corrected chi connectivity index (χ1v) is 8.38. The molecule has 1 aromatic heterocycles. The normalized spacial score (nSPS) is 21.7. The van der Waals surface area contributed by atoms with E-state index in [9.17, 15) is 9.59 Å². The summed E-state index contributed by atoms with van der Waals surface area (Å²) >= 11 is 3.38. The molecule has 22 heavy (non-hydrogen) atoms. The molecule has 0 spiro atoms. The number of nitrogens with one attached hydrogen (secondary N) is 1. The van der Waals surface area contributed by atoms with Crippen molar-refractivity contribution >= 4 is 32.8 Å². The van der Waals surface area contributed by atoms with Gasteiger partial charge in [0.1, 0.15) is 11.1 Å². The predicted octanol–water partition coefficient (Wildman–Crippen LogP) is 3.86. The Labute approximate surface area is 137 Å². The van der Waals surface area contributed by atoms with Crippen LogP contribution in [0.4, 0.5) is 0 Å². The molecule has 1 amide bonds. The first kappa shape index (κ1) is 15.3.